The number of aliphatic hydroxyl groups excluding tert-OH is 1. The number of ether oxygens (including phenoxy) is 1. The molecule has 0 saturated carbocycles. The third-order valence-corrected chi connectivity index (χ3v) is 4.12. The van der Waals surface area contributed by atoms with Crippen LogP contribution in [0.2, 0.25) is 0 Å². The minimum absolute atomic E-state index is 0.382. The molecule has 0 radical (unpaired) electrons. The van der Waals surface area contributed by atoms with E-state index in [4.69, 9.17) is 4.74 Å². The average molecular weight is 264 g/mol. The SMILES string of the molecule is CS(=O)(=O)N[C@@H]1CN(C2CCOCC2)C[C@H]1O. The molecule has 2 rings (SSSR count). The first-order chi connectivity index (χ1) is 7.96. The lowest BCUT2D eigenvalue weighted by atomic mass is 10.1. The van der Waals surface area contributed by atoms with Gasteiger partial charge in [-0.1, -0.05) is 0 Å². The van der Waals surface area contributed by atoms with E-state index in [1.54, 1.807) is 0 Å². The Hall–Kier alpha value is -0.210. The van der Waals surface area contributed by atoms with E-state index in [0.29, 0.717) is 19.1 Å². The van der Waals surface area contributed by atoms with Crippen LogP contribution in [0.4, 0.5) is 0 Å². The van der Waals surface area contributed by atoms with Crippen molar-refractivity contribution in [2.45, 2.75) is 31.0 Å². The largest absolute Gasteiger partial charge is 0.390 e. The lowest BCUT2D eigenvalue weighted by molar-refractivity contribution is 0.0377. The Morgan fingerprint density at radius 1 is 1.29 bits per heavy atom. The Labute approximate surface area is 102 Å². The predicted octanol–water partition coefficient (Wildman–Crippen LogP) is -1.24. The highest BCUT2D eigenvalue weighted by molar-refractivity contribution is 7.88. The lowest BCUT2D eigenvalue weighted by Gasteiger charge is -2.30. The van der Waals surface area contributed by atoms with Crippen LogP contribution in [-0.4, -0.2) is 69.2 Å². The second-order valence-corrected chi connectivity index (χ2v) is 6.64. The van der Waals surface area contributed by atoms with E-state index in [9.17, 15) is 13.5 Å². The Balaban J connectivity index is 1.92. The van der Waals surface area contributed by atoms with E-state index in [-0.39, 0.29) is 6.04 Å². The van der Waals surface area contributed by atoms with E-state index in [0.717, 1.165) is 32.3 Å². The minimum atomic E-state index is -3.26. The number of nitrogens with zero attached hydrogens (tertiary/aromatic N) is 1. The Kier molecular flexibility index (Phi) is 4.04. The summed E-state index contributed by atoms with van der Waals surface area (Å²) < 4.78 is 30.1. The average Bonchev–Trinajstić information content (AvgIpc) is 2.59. The van der Waals surface area contributed by atoms with Crippen LogP contribution in [0.5, 0.6) is 0 Å². The van der Waals surface area contributed by atoms with Gasteiger partial charge in [-0.25, -0.2) is 13.1 Å². The van der Waals surface area contributed by atoms with Crippen molar-refractivity contribution < 1.29 is 18.3 Å². The molecule has 0 aliphatic carbocycles. The first-order valence-electron chi connectivity index (χ1n) is 5.93. The van der Waals surface area contributed by atoms with E-state index < -0.39 is 16.1 Å². The van der Waals surface area contributed by atoms with Gasteiger partial charge in [0.05, 0.1) is 18.4 Å². The molecule has 0 aromatic carbocycles. The molecule has 0 spiro atoms. The Morgan fingerprint density at radius 3 is 2.53 bits per heavy atom. The van der Waals surface area contributed by atoms with Crippen molar-refractivity contribution in [1.82, 2.24) is 9.62 Å². The number of sulfonamides is 1. The van der Waals surface area contributed by atoms with Crippen LogP contribution in [0.15, 0.2) is 0 Å². The first kappa shape index (κ1) is 13.2. The topological polar surface area (TPSA) is 78.9 Å². The van der Waals surface area contributed by atoms with Gasteiger partial charge in [0.2, 0.25) is 10.0 Å². The fourth-order valence-corrected chi connectivity index (χ4v) is 3.34. The van der Waals surface area contributed by atoms with Crippen LogP contribution in [0, 0.1) is 0 Å². The van der Waals surface area contributed by atoms with E-state index in [2.05, 4.69) is 9.62 Å². The molecule has 7 heteroatoms. The monoisotopic (exact) mass is 264 g/mol. The molecule has 2 N–H and O–H groups in total. The van der Waals surface area contributed by atoms with Crippen molar-refractivity contribution in [2.75, 3.05) is 32.6 Å². The number of rotatable bonds is 3. The van der Waals surface area contributed by atoms with Gasteiger partial charge in [-0.05, 0) is 12.8 Å². The van der Waals surface area contributed by atoms with Gasteiger partial charge in [0.15, 0.2) is 0 Å². The van der Waals surface area contributed by atoms with Crippen LogP contribution in [0.1, 0.15) is 12.8 Å². The summed E-state index contributed by atoms with van der Waals surface area (Å²) in [6.45, 7) is 2.62. The van der Waals surface area contributed by atoms with Crippen LogP contribution in [0.25, 0.3) is 0 Å². The van der Waals surface area contributed by atoms with Crippen molar-refractivity contribution in [3.8, 4) is 0 Å². The summed E-state index contributed by atoms with van der Waals surface area (Å²) in [6, 6.07) is 0.0256. The maximum absolute atomic E-state index is 11.2. The summed E-state index contributed by atoms with van der Waals surface area (Å²) in [7, 11) is -3.26. The molecule has 2 saturated heterocycles. The summed E-state index contributed by atoms with van der Waals surface area (Å²) in [4.78, 5) is 2.16. The van der Waals surface area contributed by atoms with Crippen molar-refractivity contribution in [3.63, 3.8) is 0 Å². The Bertz CT molecular complexity index is 353. The zero-order chi connectivity index (χ0) is 12.5. The molecular formula is C10H20N2O4S. The highest BCUT2D eigenvalue weighted by atomic mass is 32.2. The predicted molar refractivity (Wildman–Crippen MR) is 63.2 cm³/mol. The maximum atomic E-state index is 11.2. The molecule has 100 valence electrons. The molecule has 0 bridgehead atoms. The van der Waals surface area contributed by atoms with E-state index in [1.165, 1.54) is 0 Å². The molecule has 2 atom stereocenters. The fraction of sp³-hybridized carbons (Fsp3) is 1.00. The number of aliphatic hydroxyl groups is 1. The molecular weight excluding hydrogens is 244 g/mol. The van der Waals surface area contributed by atoms with Crippen molar-refractivity contribution >= 4 is 10.0 Å². The van der Waals surface area contributed by atoms with Crippen LogP contribution in [-0.2, 0) is 14.8 Å². The standard InChI is InChI=1S/C10H20N2O4S/c1-17(14,15)11-9-6-12(7-10(9)13)8-2-4-16-5-3-8/h8-11,13H,2-7H2,1H3/t9-,10-/m1/s1. The molecule has 2 aliphatic heterocycles. The van der Waals surface area contributed by atoms with Gasteiger partial charge in [-0.2, -0.15) is 0 Å². The molecule has 0 unspecified atom stereocenters. The van der Waals surface area contributed by atoms with Gasteiger partial charge < -0.3 is 9.84 Å². The smallest absolute Gasteiger partial charge is 0.209 e. The van der Waals surface area contributed by atoms with Crippen LogP contribution in [0.3, 0.4) is 0 Å². The summed E-state index contributed by atoms with van der Waals surface area (Å²) in [5.74, 6) is 0. The zero-order valence-corrected chi connectivity index (χ0v) is 10.8. The normalized spacial score (nSPS) is 33.1. The Morgan fingerprint density at radius 2 is 1.94 bits per heavy atom. The number of hydrogen-bond donors (Lipinski definition) is 2. The quantitative estimate of drug-likeness (QED) is 0.666. The molecule has 17 heavy (non-hydrogen) atoms. The minimum Gasteiger partial charge on any atom is -0.390 e. The van der Waals surface area contributed by atoms with E-state index in [1.807, 2.05) is 0 Å². The van der Waals surface area contributed by atoms with Gasteiger partial charge in [0, 0.05) is 32.3 Å². The lowest BCUT2D eigenvalue weighted by Crippen LogP contribution is -2.43. The summed E-state index contributed by atoms with van der Waals surface area (Å²) >= 11 is 0. The van der Waals surface area contributed by atoms with Gasteiger partial charge >= 0.3 is 0 Å². The van der Waals surface area contributed by atoms with Gasteiger partial charge in [0.25, 0.3) is 0 Å². The highest BCUT2D eigenvalue weighted by Gasteiger charge is 2.36. The number of nitrogens with one attached hydrogen (secondary N) is 1. The molecule has 0 aromatic rings. The third kappa shape index (κ3) is 3.62. The second-order valence-electron chi connectivity index (χ2n) is 4.86. The number of β-amino-alcohol motifs (C(OH)–C–C–N with tert-alkyl or cyclic N) is 1. The van der Waals surface area contributed by atoms with Crippen molar-refractivity contribution in [3.05, 3.63) is 0 Å². The van der Waals surface area contributed by atoms with Crippen molar-refractivity contribution in [2.24, 2.45) is 0 Å². The molecule has 2 heterocycles. The van der Waals surface area contributed by atoms with Gasteiger partial charge in [-0.15, -0.1) is 0 Å². The summed E-state index contributed by atoms with van der Waals surface area (Å²) in [5.41, 5.74) is 0. The first-order valence-corrected chi connectivity index (χ1v) is 7.82. The summed E-state index contributed by atoms with van der Waals surface area (Å²) in [5, 5.41) is 9.85. The highest BCUT2D eigenvalue weighted by Crippen LogP contribution is 2.20. The molecule has 2 aliphatic rings. The van der Waals surface area contributed by atoms with Gasteiger partial charge in [-0.3, -0.25) is 4.90 Å². The fourth-order valence-electron chi connectivity index (χ4n) is 2.56. The molecule has 0 aromatic heterocycles. The molecule has 6 nitrogen and oxygen atoms in total. The number of likely N-dealkylation sites (tertiary alicyclic amines) is 1. The third-order valence-electron chi connectivity index (χ3n) is 3.39. The zero-order valence-electron chi connectivity index (χ0n) is 10.0. The van der Waals surface area contributed by atoms with Gasteiger partial charge in [0.1, 0.15) is 0 Å². The molecule has 2 fully saturated rings. The van der Waals surface area contributed by atoms with Crippen LogP contribution < -0.4 is 4.72 Å². The molecule has 0 amide bonds. The summed E-state index contributed by atoms with van der Waals surface area (Å²) in [6.07, 6.45) is 2.42. The van der Waals surface area contributed by atoms with Crippen LogP contribution >= 0.6 is 0 Å². The van der Waals surface area contributed by atoms with Crippen molar-refractivity contribution in [1.29, 1.82) is 0 Å². The maximum Gasteiger partial charge on any atom is 0.209 e. The second kappa shape index (κ2) is 5.19. The van der Waals surface area contributed by atoms with E-state index >= 15 is 0 Å². The number of hydrogen-bond acceptors (Lipinski definition) is 5.